The third-order valence-electron chi connectivity index (χ3n) is 23.6. The molecule has 1 fully saturated rings. The van der Waals surface area contributed by atoms with E-state index in [1.807, 2.05) is 198 Å². The maximum Gasteiger partial charge on any atom is 0.401 e. The molecule has 0 heterocycles. The van der Waals surface area contributed by atoms with Crippen molar-refractivity contribution in [3.05, 3.63) is 340 Å². The van der Waals surface area contributed by atoms with Crippen LogP contribution in [-0.4, -0.2) is 166 Å². The molecule has 772 valence electrons. The summed E-state index contributed by atoms with van der Waals surface area (Å²) in [4.78, 5) is 105. The van der Waals surface area contributed by atoms with E-state index in [9.17, 15) is 62.3 Å². The van der Waals surface area contributed by atoms with Gasteiger partial charge in [0.15, 0.2) is 28.7 Å². The number of carbonyl (C=O) groups is 8. The van der Waals surface area contributed by atoms with Crippen LogP contribution < -0.4 is 44.1 Å². The number of Topliss-reactive ketones (excluding diaryl/α,β-unsaturated/α-hetero) is 3. The lowest BCUT2D eigenvalue weighted by Crippen LogP contribution is -2.31. The topological polar surface area (TPSA) is 329 Å². The van der Waals surface area contributed by atoms with Gasteiger partial charge in [-0.2, -0.15) is 0 Å². The summed E-state index contributed by atoms with van der Waals surface area (Å²) in [6.07, 6.45) is 4.03. The van der Waals surface area contributed by atoms with Gasteiger partial charge < -0.3 is 71.7 Å². The highest BCUT2D eigenvalue weighted by molar-refractivity contribution is 7.95. The molecular formula is C117H147N2O22P3. The number of aliphatic hydroxyl groups is 3. The van der Waals surface area contributed by atoms with Crippen molar-refractivity contribution in [3.8, 4) is 28.7 Å². The SMILES string of the molecule is CC(=O)P(=O)(c1ccccc1)c1ccccc1.CC(C)(O)C(=O)c1ccc(OCCO)cc1.CCN(CC)c1ccc(C(=O)c2ccc(N(CC)CC)cc2)cc1.CCOC(CC(=O)c1ccccc1)c1ccccc1.CCOP(=O)(OCC)C(=O)c1c(C)cc(C)cc1C.COc1cccc(OC)c1C(=O)P(=O)(CC(C)CC(C)(C)C)C(=O)c1c(OC)cccc1OC.O=C(c1ccccc1)C1CCCCC1O. The summed E-state index contributed by atoms with van der Waals surface area (Å²) < 4.78 is 82.7. The number of nitrogens with zero attached hydrogens (tertiary/aromatic N) is 2. The van der Waals surface area contributed by atoms with Crippen LogP contribution in [0.2, 0.25) is 0 Å². The summed E-state index contributed by atoms with van der Waals surface area (Å²) in [5.74, 6) is 0.933. The minimum Gasteiger partial charge on any atom is -0.496 e. The number of aliphatic hydroxyl groups excluding tert-OH is 2. The number of aryl methyl sites for hydroxylation is 3. The van der Waals surface area contributed by atoms with Crippen molar-refractivity contribution < 1.29 is 105 Å². The molecule has 12 rings (SSSR count). The average Bonchev–Trinajstić information content (AvgIpc) is 0.759. The first-order valence-corrected chi connectivity index (χ1v) is 54.0. The van der Waals surface area contributed by atoms with Gasteiger partial charge in [0.25, 0.3) is 5.52 Å². The molecular weight excluding hydrogens is 1880 g/mol. The highest BCUT2D eigenvalue weighted by atomic mass is 31.2. The van der Waals surface area contributed by atoms with Crippen LogP contribution in [0.4, 0.5) is 11.4 Å². The van der Waals surface area contributed by atoms with Crippen molar-refractivity contribution in [2.24, 2.45) is 17.3 Å². The Balaban J connectivity index is 0.000000262. The summed E-state index contributed by atoms with van der Waals surface area (Å²) in [6.45, 7) is 36.9. The van der Waals surface area contributed by atoms with Gasteiger partial charge in [-0.1, -0.05) is 222 Å². The average molecular weight is 2030 g/mol. The molecule has 0 aromatic heterocycles. The Kier molecular flexibility index (Phi) is 50.2. The van der Waals surface area contributed by atoms with E-state index in [0.29, 0.717) is 46.9 Å². The number of hydrogen-bond donors (Lipinski definition) is 3. The van der Waals surface area contributed by atoms with Crippen molar-refractivity contribution in [2.45, 2.75) is 174 Å². The normalized spacial score (nSPS) is 13.1. The van der Waals surface area contributed by atoms with Crippen LogP contribution in [0.1, 0.15) is 242 Å². The molecule has 144 heavy (non-hydrogen) atoms. The third kappa shape index (κ3) is 35.1. The van der Waals surface area contributed by atoms with Crippen LogP contribution in [0, 0.1) is 38.0 Å². The van der Waals surface area contributed by atoms with E-state index < -0.39 is 50.2 Å². The molecule has 0 saturated heterocycles. The first kappa shape index (κ1) is 121. The predicted octanol–water partition coefficient (Wildman–Crippen LogP) is 24.8. The summed E-state index contributed by atoms with van der Waals surface area (Å²) in [5.41, 5.74) is 5.92. The minimum atomic E-state index is -4.25. The molecule has 0 radical (unpaired) electrons. The van der Waals surface area contributed by atoms with Crippen LogP contribution in [-0.2, 0) is 32.3 Å². The van der Waals surface area contributed by atoms with E-state index in [0.717, 1.165) is 108 Å². The molecule has 1 aliphatic carbocycles. The summed E-state index contributed by atoms with van der Waals surface area (Å²) in [6, 6.07) is 82.1. The summed E-state index contributed by atoms with van der Waals surface area (Å²) >= 11 is 0. The fourth-order valence-corrected chi connectivity index (χ4v) is 23.2. The van der Waals surface area contributed by atoms with Gasteiger partial charge in [-0.3, -0.25) is 42.9 Å². The van der Waals surface area contributed by atoms with Gasteiger partial charge in [0.1, 0.15) is 52.1 Å². The number of ketones is 4. The van der Waals surface area contributed by atoms with Crippen molar-refractivity contribution in [1.29, 1.82) is 0 Å². The molecule has 0 amide bonds. The highest BCUT2D eigenvalue weighted by Gasteiger charge is 2.47. The Labute approximate surface area is 852 Å². The number of anilines is 2. The highest BCUT2D eigenvalue weighted by Crippen LogP contribution is 2.59. The van der Waals surface area contributed by atoms with Crippen molar-refractivity contribution >= 4 is 89.1 Å². The Morgan fingerprint density at radius 3 is 1.21 bits per heavy atom. The van der Waals surface area contributed by atoms with Gasteiger partial charge in [0.05, 0.1) is 60.5 Å². The lowest BCUT2D eigenvalue weighted by atomic mass is 9.81. The number of benzene rings is 11. The first-order valence-electron chi connectivity index (χ1n) is 48.9. The van der Waals surface area contributed by atoms with Crippen LogP contribution in [0.25, 0.3) is 0 Å². The Morgan fingerprint density at radius 1 is 0.458 bits per heavy atom. The molecule has 4 atom stereocenters. The van der Waals surface area contributed by atoms with Gasteiger partial charge >= 0.3 is 7.60 Å². The molecule has 0 aliphatic heterocycles. The van der Waals surface area contributed by atoms with Crippen LogP contribution in [0.3, 0.4) is 0 Å². The number of hydrogen-bond acceptors (Lipinski definition) is 24. The van der Waals surface area contributed by atoms with Gasteiger partial charge in [0, 0.05) is 114 Å². The molecule has 27 heteroatoms. The first-order chi connectivity index (χ1) is 68.6. The largest absolute Gasteiger partial charge is 0.496 e. The second-order valence-corrected chi connectivity index (χ2v) is 43.4. The Bertz CT molecular complexity index is 5780. The number of methoxy groups -OCH3 is 4. The summed E-state index contributed by atoms with van der Waals surface area (Å²) in [5, 5.41) is 29.1. The molecule has 1 aliphatic rings. The predicted molar refractivity (Wildman–Crippen MR) is 578 cm³/mol. The van der Waals surface area contributed by atoms with Crippen molar-refractivity contribution in [2.75, 3.05) is 104 Å². The molecule has 0 spiro atoms. The molecule has 11 aromatic carbocycles. The minimum absolute atomic E-state index is 0.0130. The fraction of sp³-hybridized carbons (Fsp3) is 0.368. The standard InChI is InChI=1S/C26H35O7P.C21H28N2O.C17H18O2.C14H21O4P.C14H13O2P.C13H16O2.C12H16O4/c1-17(15-26(2,3)4)16-34(29,24(27)22-18(30-5)11-9-12-19(22)31-6)25(28)23-20(32-7)13-10-14-21(23)33-8;1-5-22(6-2)19-13-9-17(10-14-19)21(24)18-11-15-20(16-12-18)23(7-3)8-4;1-2-19-17(15-11-7-4-8-12-15)13-16(18)14-9-5-3-6-10-14;1-6-17-19(16,18-7-2)14(15)13-11(4)8-10(3)9-12(13)5;1-12(15)17(16,13-8-4-2-5-9-13)14-10-6-3-7-11-14;14-12-9-5-4-8-11(12)13(15)10-6-2-1-3-7-10;1-12(2,15)11(14)9-3-5-10(6-4-9)16-8-7-13/h9-14,17H,15-16H2,1-8H3;9-16H,5-8H2,1-4H3;3-12,17H,2,13H2,1H3;8-9H,6-7H2,1-5H3;2-11H,1H3;1-3,6-7,11-12,14H,4-5,8-9H2;3-6,13,15H,7-8H2,1-2H3. The summed E-state index contributed by atoms with van der Waals surface area (Å²) in [7, 11) is -5.49. The zero-order chi connectivity index (χ0) is 106. The zero-order valence-electron chi connectivity index (χ0n) is 87.4. The molecule has 4 unspecified atom stereocenters. The van der Waals surface area contributed by atoms with Crippen molar-refractivity contribution in [1.82, 2.24) is 0 Å². The van der Waals surface area contributed by atoms with Crippen molar-refractivity contribution in [3.63, 3.8) is 0 Å². The van der Waals surface area contributed by atoms with Gasteiger partial charge in [0.2, 0.25) is 25.3 Å². The Morgan fingerprint density at radius 2 is 0.847 bits per heavy atom. The second-order valence-electron chi connectivity index (χ2n) is 36.0. The molecule has 24 nitrogen and oxygen atoms in total. The van der Waals surface area contributed by atoms with E-state index >= 15 is 0 Å². The quantitative estimate of drug-likeness (QED) is 0.0237. The van der Waals surface area contributed by atoms with Crippen LogP contribution >= 0.6 is 21.9 Å². The van der Waals surface area contributed by atoms with E-state index in [-0.39, 0.29) is 119 Å². The van der Waals surface area contributed by atoms with E-state index in [4.69, 9.17) is 42.6 Å². The maximum atomic E-state index is 14.7. The fourth-order valence-electron chi connectivity index (χ4n) is 16.7. The molecule has 11 aromatic rings. The van der Waals surface area contributed by atoms with Crippen LogP contribution in [0.15, 0.2) is 273 Å². The zero-order valence-corrected chi connectivity index (χ0v) is 90.1. The van der Waals surface area contributed by atoms with Crippen LogP contribution in [0.5, 0.6) is 28.7 Å². The second kappa shape index (κ2) is 59.9. The smallest absolute Gasteiger partial charge is 0.401 e. The number of carbonyl (C=O) groups excluding carboxylic acids is 8. The molecule has 3 N–H and O–H groups in total. The lowest BCUT2D eigenvalue weighted by Gasteiger charge is -2.27. The van der Waals surface area contributed by atoms with E-state index in [2.05, 4.69) is 58.3 Å². The van der Waals surface area contributed by atoms with Gasteiger partial charge in [-0.05, 0) is 227 Å². The number of rotatable bonds is 41. The van der Waals surface area contributed by atoms with E-state index in [1.54, 1.807) is 123 Å². The molecule has 1 saturated carbocycles. The van der Waals surface area contributed by atoms with E-state index in [1.165, 1.54) is 49.2 Å². The number of ether oxygens (including phenoxy) is 6. The third-order valence-corrected chi connectivity index (χ3v) is 31.3. The monoisotopic (exact) mass is 2020 g/mol. The maximum absolute atomic E-state index is 14.7. The lowest BCUT2D eigenvalue weighted by molar-refractivity contribution is -0.110. The van der Waals surface area contributed by atoms with Gasteiger partial charge in [-0.25, -0.2) is 0 Å². The van der Waals surface area contributed by atoms with Gasteiger partial charge in [-0.15, -0.1) is 0 Å². The molecule has 0 bridgehead atoms. The Hall–Kier alpha value is -12.2.